The van der Waals surface area contributed by atoms with E-state index in [2.05, 4.69) is 10.3 Å². The number of amides is 1. The smallest absolute Gasteiger partial charge is 0.367 e. The van der Waals surface area contributed by atoms with Crippen LogP contribution in [0.15, 0.2) is 5.38 Å². The highest BCUT2D eigenvalue weighted by atomic mass is 32.1. The van der Waals surface area contributed by atoms with Crippen molar-refractivity contribution in [3.05, 3.63) is 16.1 Å². The summed E-state index contributed by atoms with van der Waals surface area (Å²) < 4.78 is 14.9. The molecule has 1 N–H and O–H groups in total. The van der Waals surface area contributed by atoms with E-state index in [0.29, 0.717) is 13.2 Å². The van der Waals surface area contributed by atoms with Gasteiger partial charge in [0.2, 0.25) is 5.01 Å². The number of hydrogen-bond donors (Lipinski definition) is 1. The molecule has 0 saturated carbocycles. The van der Waals surface area contributed by atoms with Gasteiger partial charge < -0.3 is 19.5 Å². The first kappa shape index (κ1) is 16.5. The van der Waals surface area contributed by atoms with Crippen molar-refractivity contribution in [2.45, 2.75) is 13.0 Å². The van der Waals surface area contributed by atoms with E-state index in [1.54, 1.807) is 14.0 Å². The molecule has 1 aromatic heterocycles. The molecule has 20 heavy (non-hydrogen) atoms. The van der Waals surface area contributed by atoms with Crippen LogP contribution in [0.5, 0.6) is 0 Å². The highest BCUT2D eigenvalue weighted by Crippen LogP contribution is 2.11. The highest BCUT2D eigenvalue weighted by Gasteiger charge is 2.17. The number of thiazole rings is 1. The first-order chi connectivity index (χ1) is 9.62. The van der Waals surface area contributed by atoms with E-state index < -0.39 is 5.97 Å². The van der Waals surface area contributed by atoms with Crippen LogP contribution >= 0.6 is 11.3 Å². The van der Waals surface area contributed by atoms with Crippen LogP contribution in [0.4, 0.5) is 0 Å². The Hall–Kier alpha value is -1.51. The lowest BCUT2D eigenvalue weighted by Gasteiger charge is -2.14. The molecule has 0 spiro atoms. The quantitative estimate of drug-likeness (QED) is 0.712. The molecule has 1 heterocycles. The summed E-state index contributed by atoms with van der Waals surface area (Å²) in [6.07, 6.45) is -0.230. The number of nitrogens with one attached hydrogen (secondary N) is 1. The maximum Gasteiger partial charge on any atom is 0.367 e. The Morgan fingerprint density at radius 1 is 1.45 bits per heavy atom. The zero-order valence-corrected chi connectivity index (χ0v) is 12.5. The van der Waals surface area contributed by atoms with Crippen LogP contribution in [0.2, 0.25) is 0 Å². The molecular weight excluding hydrogens is 284 g/mol. The molecule has 0 fully saturated rings. The van der Waals surface area contributed by atoms with Crippen LogP contribution in [0, 0.1) is 0 Å². The van der Waals surface area contributed by atoms with Gasteiger partial charge in [0.05, 0.1) is 19.3 Å². The zero-order chi connectivity index (χ0) is 15.0. The molecule has 112 valence electrons. The summed E-state index contributed by atoms with van der Waals surface area (Å²) in [7, 11) is 3.09. The average Bonchev–Trinajstić information content (AvgIpc) is 2.93. The Labute approximate surface area is 121 Å². The van der Waals surface area contributed by atoms with Crippen LogP contribution in [0.25, 0.3) is 0 Å². The SMILES string of the molecule is CCOC(=O)c1nc(C(=O)NCC(COC)OC)cs1. The maximum absolute atomic E-state index is 11.8. The number of aromatic nitrogens is 1. The maximum atomic E-state index is 11.8. The number of methoxy groups -OCH3 is 2. The summed E-state index contributed by atoms with van der Waals surface area (Å²) in [5.41, 5.74) is 0.185. The molecule has 1 amide bonds. The summed E-state index contributed by atoms with van der Waals surface area (Å²) in [6, 6.07) is 0. The molecule has 0 aliphatic rings. The van der Waals surface area contributed by atoms with Crippen molar-refractivity contribution in [2.24, 2.45) is 0 Å². The van der Waals surface area contributed by atoms with Crippen molar-refractivity contribution in [3.8, 4) is 0 Å². The van der Waals surface area contributed by atoms with Crippen LogP contribution in [-0.2, 0) is 14.2 Å². The van der Waals surface area contributed by atoms with Gasteiger partial charge in [0, 0.05) is 26.1 Å². The first-order valence-electron chi connectivity index (χ1n) is 6.04. The molecule has 8 heteroatoms. The summed E-state index contributed by atoms with van der Waals surface area (Å²) in [4.78, 5) is 27.2. The number of carbonyl (C=O) groups excluding carboxylic acids is 2. The number of nitrogens with zero attached hydrogens (tertiary/aromatic N) is 1. The second kappa shape index (κ2) is 8.62. The number of ether oxygens (including phenoxy) is 3. The second-order valence-electron chi connectivity index (χ2n) is 3.78. The van der Waals surface area contributed by atoms with Gasteiger partial charge in [0.25, 0.3) is 5.91 Å². The van der Waals surface area contributed by atoms with Gasteiger partial charge in [-0.15, -0.1) is 11.3 Å². The Kier molecular flexibility index (Phi) is 7.13. The monoisotopic (exact) mass is 302 g/mol. The normalized spacial score (nSPS) is 11.9. The lowest BCUT2D eigenvalue weighted by molar-refractivity contribution is 0.0285. The molecular formula is C12H18N2O5S. The third-order valence-corrected chi connectivity index (χ3v) is 3.19. The fourth-order valence-corrected chi connectivity index (χ4v) is 2.05. The van der Waals surface area contributed by atoms with Crippen LogP contribution in [0.1, 0.15) is 27.2 Å². The lowest BCUT2D eigenvalue weighted by Crippen LogP contribution is -2.35. The van der Waals surface area contributed by atoms with Gasteiger partial charge in [0.15, 0.2) is 0 Å². The van der Waals surface area contributed by atoms with Crippen molar-refractivity contribution < 1.29 is 23.8 Å². The van der Waals surface area contributed by atoms with Gasteiger partial charge in [-0.25, -0.2) is 9.78 Å². The van der Waals surface area contributed by atoms with E-state index >= 15 is 0 Å². The van der Waals surface area contributed by atoms with Crippen molar-refractivity contribution in [1.82, 2.24) is 10.3 Å². The van der Waals surface area contributed by atoms with Crippen LogP contribution < -0.4 is 5.32 Å². The molecule has 0 saturated heterocycles. The standard InChI is InChI=1S/C12H18N2O5S/c1-4-19-12(16)11-14-9(7-20-11)10(15)13-5-8(18-3)6-17-2/h7-8H,4-6H2,1-3H3,(H,13,15). The Balaban J connectivity index is 2.53. The molecule has 1 unspecified atom stereocenters. The molecule has 0 radical (unpaired) electrons. The van der Waals surface area contributed by atoms with Gasteiger partial charge >= 0.3 is 5.97 Å². The minimum absolute atomic E-state index is 0.164. The molecule has 0 bridgehead atoms. The molecule has 0 aliphatic carbocycles. The largest absolute Gasteiger partial charge is 0.461 e. The first-order valence-corrected chi connectivity index (χ1v) is 6.92. The average molecular weight is 302 g/mol. The van der Waals surface area contributed by atoms with E-state index in [9.17, 15) is 9.59 Å². The van der Waals surface area contributed by atoms with Gasteiger partial charge in [-0.3, -0.25) is 4.79 Å². The third-order valence-electron chi connectivity index (χ3n) is 2.36. The van der Waals surface area contributed by atoms with Gasteiger partial charge in [-0.1, -0.05) is 0 Å². The van der Waals surface area contributed by atoms with Crippen LogP contribution in [0.3, 0.4) is 0 Å². The predicted molar refractivity (Wildman–Crippen MR) is 73.1 cm³/mol. The van der Waals surface area contributed by atoms with Crippen molar-refractivity contribution >= 4 is 23.2 Å². The lowest BCUT2D eigenvalue weighted by atomic mass is 10.3. The van der Waals surface area contributed by atoms with Crippen molar-refractivity contribution in [1.29, 1.82) is 0 Å². The topological polar surface area (TPSA) is 86.8 Å². The molecule has 0 aromatic carbocycles. The van der Waals surface area contributed by atoms with Crippen molar-refractivity contribution in [2.75, 3.05) is 34.0 Å². The molecule has 1 rings (SSSR count). The van der Waals surface area contributed by atoms with Crippen molar-refractivity contribution in [3.63, 3.8) is 0 Å². The summed E-state index contributed by atoms with van der Waals surface area (Å²) in [5.74, 6) is -0.888. The molecule has 7 nitrogen and oxygen atoms in total. The fraction of sp³-hybridized carbons (Fsp3) is 0.583. The van der Waals surface area contributed by atoms with Crippen LogP contribution in [-0.4, -0.2) is 56.9 Å². The minimum Gasteiger partial charge on any atom is -0.461 e. The summed E-state index contributed by atoms with van der Waals surface area (Å²) >= 11 is 1.07. The Bertz CT molecular complexity index is 449. The highest BCUT2D eigenvalue weighted by molar-refractivity contribution is 7.11. The third kappa shape index (κ3) is 4.87. The number of hydrogen-bond acceptors (Lipinski definition) is 7. The van der Waals surface area contributed by atoms with E-state index in [1.165, 1.54) is 12.5 Å². The number of carbonyl (C=O) groups is 2. The predicted octanol–water partition coefficient (Wildman–Crippen LogP) is 0.711. The summed E-state index contributed by atoms with van der Waals surface area (Å²) in [6.45, 7) is 2.66. The molecule has 1 atom stereocenters. The fourth-order valence-electron chi connectivity index (χ4n) is 1.36. The number of rotatable bonds is 8. The second-order valence-corrected chi connectivity index (χ2v) is 4.64. The zero-order valence-electron chi connectivity index (χ0n) is 11.7. The Morgan fingerprint density at radius 2 is 2.20 bits per heavy atom. The minimum atomic E-state index is -0.522. The Morgan fingerprint density at radius 3 is 2.80 bits per heavy atom. The summed E-state index contributed by atoms with van der Waals surface area (Å²) in [5, 5.41) is 4.34. The van der Waals surface area contributed by atoms with Gasteiger partial charge in [-0.05, 0) is 6.92 Å². The molecule has 1 aromatic rings. The van der Waals surface area contributed by atoms with E-state index in [4.69, 9.17) is 14.2 Å². The number of esters is 1. The van der Waals surface area contributed by atoms with Gasteiger partial charge in [0.1, 0.15) is 5.69 Å². The van der Waals surface area contributed by atoms with E-state index in [-0.39, 0.29) is 29.3 Å². The van der Waals surface area contributed by atoms with Gasteiger partial charge in [-0.2, -0.15) is 0 Å². The van der Waals surface area contributed by atoms with E-state index in [1.807, 2.05) is 0 Å². The molecule has 0 aliphatic heterocycles. The van der Waals surface area contributed by atoms with E-state index in [0.717, 1.165) is 11.3 Å².